The number of sulfone groups is 1. The van der Waals surface area contributed by atoms with Gasteiger partial charge in [-0.25, -0.2) is 8.42 Å². The molecule has 0 amide bonds. The Kier molecular flexibility index (Phi) is 4.35. The minimum Gasteiger partial charge on any atom is -0.481 e. The third-order valence-corrected chi connectivity index (χ3v) is 5.18. The summed E-state index contributed by atoms with van der Waals surface area (Å²) in [7, 11) is -3.53. The number of ether oxygens (including phenoxy) is 1. The Balaban J connectivity index is 1.78. The van der Waals surface area contributed by atoms with Crippen molar-refractivity contribution >= 4 is 9.84 Å². The summed E-state index contributed by atoms with van der Waals surface area (Å²) in [6.07, 6.45) is -0.428. The fourth-order valence-corrected chi connectivity index (χ4v) is 3.45. The van der Waals surface area contributed by atoms with Gasteiger partial charge in [0.15, 0.2) is 6.10 Å². The number of hydrogen-bond acceptors (Lipinski definition) is 6. The zero-order valence-corrected chi connectivity index (χ0v) is 14.0. The summed E-state index contributed by atoms with van der Waals surface area (Å²) in [5, 5.41) is 7.65. The molecule has 3 rings (SSSR count). The Bertz CT molecular complexity index is 919. The van der Waals surface area contributed by atoms with Gasteiger partial charge in [0.05, 0.1) is 9.79 Å². The number of aromatic nitrogens is 2. The number of hydrogen-bond donors (Lipinski definition) is 0. The van der Waals surface area contributed by atoms with E-state index in [9.17, 15) is 8.42 Å². The quantitative estimate of drug-likeness (QED) is 0.706. The van der Waals surface area contributed by atoms with Crippen LogP contribution < -0.4 is 4.74 Å². The van der Waals surface area contributed by atoms with Crippen molar-refractivity contribution in [2.24, 2.45) is 0 Å². The van der Waals surface area contributed by atoms with Gasteiger partial charge in [0, 0.05) is 6.92 Å². The average Bonchev–Trinajstić information content (AvgIpc) is 3.03. The summed E-state index contributed by atoms with van der Waals surface area (Å²) in [5.41, 5.74) is 0. The lowest BCUT2D eigenvalue weighted by Gasteiger charge is -2.11. The van der Waals surface area contributed by atoms with Crippen LogP contribution in [0, 0.1) is 6.92 Å². The molecule has 24 heavy (non-hydrogen) atoms. The molecular weight excluding hydrogens is 328 g/mol. The molecule has 1 aromatic heterocycles. The molecule has 0 bridgehead atoms. The van der Waals surface area contributed by atoms with Crippen molar-refractivity contribution in [3.05, 3.63) is 66.4 Å². The topological polar surface area (TPSA) is 82.3 Å². The van der Waals surface area contributed by atoms with E-state index in [0.717, 1.165) is 0 Å². The standard InChI is InChI=1S/C17H16N2O4S/c1-12(17-19-18-13(2)23-17)22-14-8-10-16(11-9-14)24(20,21)15-6-4-3-5-7-15/h3-12H,1-2H3/t12-/m0/s1. The molecule has 0 fully saturated rings. The second kappa shape index (κ2) is 6.45. The molecule has 0 saturated carbocycles. The zero-order chi connectivity index (χ0) is 17.2. The largest absolute Gasteiger partial charge is 0.481 e. The monoisotopic (exact) mass is 344 g/mol. The molecule has 0 aliphatic carbocycles. The van der Waals surface area contributed by atoms with Crippen molar-refractivity contribution in [1.82, 2.24) is 10.2 Å². The molecule has 1 heterocycles. The van der Waals surface area contributed by atoms with E-state index >= 15 is 0 Å². The van der Waals surface area contributed by atoms with Crippen LogP contribution in [0.3, 0.4) is 0 Å². The average molecular weight is 344 g/mol. The van der Waals surface area contributed by atoms with Gasteiger partial charge in [-0.3, -0.25) is 0 Å². The molecular formula is C17H16N2O4S. The molecule has 6 nitrogen and oxygen atoms in total. The third-order valence-electron chi connectivity index (χ3n) is 3.39. The molecule has 0 radical (unpaired) electrons. The van der Waals surface area contributed by atoms with Crippen molar-refractivity contribution in [2.45, 2.75) is 29.7 Å². The van der Waals surface area contributed by atoms with E-state index < -0.39 is 15.9 Å². The highest BCUT2D eigenvalue weighted by molar-refractivity contribution is 7.91. The molecule has 1 atom stereocenters. The lowest BCUT2D eigenvalue weighted by atomic mass is 10.3. The second-order valence-electron chi connectivity index (χ2n) is 5.21. The van der Waals surface area contributed by atoms with Gasteiger partial charge >= 0.3 is 0 Å². The first-order valence-corrected chi connectivity index (χ1v) is 8.82. The van der Waals surface area contributed by atoms with Crippen molar-refractivity contribution in [1.29, 1.82) is 0 Å². The Hall–Kier alpha value is -2.67. The maximum Gasteiger partial charge on any atom is 0.256 e. The van der Waals surface area contributed by atoms with Gasteiger partial charge in [0.1, 0.15) is 5.75 Å². The van der Waals surface area contributed by atoms with E-state index in [1.54, 1.807) is 56.3 Å². The molecule has 0 aliphatic rings. The van der Waals surface area contributed by atoms with Crippen LogP contribution in [-0.4, -0.2) is 18.6 Å². The third kappa shape index (κ3) is 3.30. The maximum absolute atomic E-state index is 12.5. The predicted octanol–water partition coefficient (Wildman–Crippen LogP) is 3.35. The van der Waals surface area contributed by atoms with Crippen LogP contribution in [0.1, 0.15) is 24.8 Å². The first kappa shape index (κ1) is 16.2. The van der Waals surface area contributed by atoms with Crippen molar-refractivity contribution in [3.63, 3.8) is 0 Å². The van der Waals surface area contributed by atoms with Crippen LogP contribution in [0.2, 0.25) is 0 Å². The lowest BCUT2D eigenvalue weighted by molar-refractivity contribution is 0.187. The van der Waals surface area contributed by atoms with Crippen LogP contribution in [-0.2, 0) is 9.84 Å². The molecule has 0 spiro atoms. The molecule has 124 valence electrons. The van der Waals surface area contributed by atoms with Crippen LogP contribution in [0.5, 0.6) is 5.75 Å². The predicted molar refractivity (Wildman–Crippen MR) is 86.4 cm³/mol. The highest BCUT2D eigenvalue weighted by Gasteiger charge is 2.18. The summed E-state index contributed by atoms with van der Waals surface area (Å²) in [6, 6.07) is 14.5. The molecule has 3 aromatic rings. The van der Waals surface area contributed by atoms with Crippen molar-refractivity contribution in [2.75, 3.05) is 0 Å². The highest BCUT2D eigenvalue weighted by Crippen LogP contribution is 2.25. The van der Waals surface area contributed by atoms with E-state index in [4.69, 9.17) is 9.15 Å². The van der Waals surface area contributed by atoms with E-state index in [1.165, 1.54) is 12.1 Å². The van der Waals surface area contributed by atoms with Crippen LogP contribution >= 0.6 is 0 Å². The number of rotatable bonds is 5. The summed E-state index contributed by atoms with van der Waals surface area (Å²) < 4.78 is 36.0. The van der Waals surface area contributed by atoms with Crippen molar-refractivity contribution in [3.8, 4) is 5.75 Å². The van der Waals surface area contributed by atoms with E-state index in [1.807, 2.05) is 0 Å². The molecule has 7 heteroatoms. The van der Waals surface area contributed by atoms with Gasteiger partial charge in [0.25, 0.3) is 5.89 Å². The summed E-state index contributed by atoms with van der Waals surface area (Å²) in [6.45, 7) is 3.48. The van der Waals surface area contributed by atoms with E-state index in [-0.39, 0.29) is 9.79 Å². The minimum atomic E-state index is -3.53. The van der Waals surface area contributed by atoms with E-state index in [0.29, 0.717) is 17.5 Å². The van der Waals surface area contributed by atoms with Gasteiger partial charge in [-0.15, -0.1) is 10.2 Å². The highest BCUT2D eigenvalue weighted by atomic mass is 32.2. The number of aryl methyl sites for hydroxylation is 1. The van der Waals surface area contributed by atoms with Gasteiger partial charge in [-0.05, 0) is 43.3 Å². The maximum atomic E-state index is 12.5. The number of nitrogens with zero attached hydrogens (tertiary/aromatic N) is 2. The Labute approximate surface area is 140 Å². The Morgan fingerprint density at radius 3 is 2.17 bits per heavy atom. The first-order chi connectivity index (χ1) is 11.5. The van der Waals surface area contributed by atoms with Crippen molar-refractivity contribution < 1.29 is 17.6 Å². The van der Waals surface area contributed by atoms with Crippen LogP contribution in [0.4, 0.5) is 0 Å². The van der Waals surface area contributed by atoms with Gasteiger partial charge in [-0.2, -0.15) is 0 Å². The molecule has 0 saturated heterocycles. The molecule has 0 N–H and O–H groups in total. The fraction of sp³-hybridized carbons (Fsp3) is 0.176. The summed E-state index contributed by atoms with van der Waals surface area (Å²) in [5.74, 6) is 1.35. The molecule has 0 unspecified atom stereocenters. The Morgan fingerprint density at radius 2 is 1.58 bits per heavy atom. The molecule has 0 aliphatic heterocycles. The minimum absolute atomic E-state index is 0.210. The zero-order valence-electron chi connectivity index (χ0n) is 13.2. The normalized spacial score (nSPS) is 12.8. The number of benzene rings is 2. The second-order valence-corrected chi connectivity index (χ2v) is 7.16. The smallest absolute Gasteiger partial charge is 0.256 e. The van der Waals surface area contributed by atoms with Crippen LogP contribution in [0.25, 0.3) is 0 Å². The van der Waals surface area contributed by atoms with Gasteiger partial charge < -0.3 is 9.15 Å². The van der Waals surface area contributed by atoms with Gasteiger partial charge in [0.2, 0.25) is 15.7 Å². The summed E-state index contributed by atoms with van der Waals surface area (Å²) >= 11 is 0. The fourth-order valence-electron chi connectivity index (χ4n) is 2.16. The van der Waals surface area contributed by atoms with E-state index in [2.05, 4.69) is 10.2 Å². The lowest BCUT2D eigenvalue weighted by Crippen LogP contribution is -2.05. The first-order valence-electron chi connectivity index (χ1n) is 7.33. The Morgan fingerprint density at radius 1 is 0.958 bits per heavy atom. The van der Waals surface area contributed by atoms with Gasteiger partial charge in [-0.1, -0.05) is 18.2 Å². The molecule has 2 aromatic carbocycles. The summed E-state index contributed by atoms with van der Waals surface area (Å²) in [4.78, 5) is 0.468. The van der Waals surface area contributed by atoms with Crippen LogP contribution in [0.15, 0.2) is 68.8 Å². The SMILES string of the molecule is Cc1nnc([C@H](C)Oc2ccc(S(=O)(=O)c3ccccc3)cc2)o1.